The molecule has 82 valence electrons. The molecule has 0 amide bonds. The van der Waals surface area contributed by atoms with Crippen molar-refractivity contribution in [2.75, 3.05) is 11.4 Å². The van der Waals surface area contributed by atoms with Crippen LogP contribution in [0.5, 0.6) is 0 Å². The van der Waals surface area contributed by atoms with Gasteiger partial charge < -0.3 is 4.90 Å². The summed E-state index contributed by atoms with van der Waals surface area (Å²) in [5.41, 5.74) is 2.34. The Morgan fingerprint density at radius 3 is 2.93 bits per heavy atom. The second kappa shape index (κ2) is 4.40. The second-order valence-electron chi connectivity index (χ2n) is 4.30. The topological polar surface area (TPSA) is 16.1 Å². The second-order valence-corrected chi connectivity index (χ2v) is 4.57. The van der Waals surface area contributed by atoms with Crippen LogP contribution >= 0.6 is 11.6 Å². The van der Waals surface area contributed by atoms with E-state index in [0.717, 1.165) is 17.9 Å². The molecule has 15 heavy (non-hydrogen) atoms. The normalized spacial score (nSPS) is 21.0. The molecule has 1 fully saturated rings. The molecule has 2 nitrogen and oxygen atoms in total. The maximum Gasteiger partial charge on any atom is 0.131 e. The highest BCUT2D eigenvalue weighted by Gasteiger charge is 2.22. The number of hydrogen-bond donors (Lipinski definition) is 0. The standard InChI is InChI=1S/C12H17ClN2/c1-9-6-11(7-13)8-14-12(9)15-5-3-4-10(15)2/h6,8,10H,3-5,7H2,1-2H3. The van der Waals surface area contributed by atoms with Gasteiger partial charge >= 0.3 is 0 Å². The smallest absolute Gasteiger partial charge is 0.131 e. The Morgan fingerprint density at radius 2 is 2.40 bits per heavy atom. The lowest BCUT2D eigenvalue weighted by molar-refractivity contribution is 0.725. The van der Waals surface area contributed by atoms with Gasteiger partial charge in [0, 0.05) is 24.7 Å². The predicted octanol–water partition coefficient (Wildman–Crippen LogP) is 3.12. The zero-order valence-electron chi connectivity index (χ0n) is 9.33. The largest absolute Gasteiger partial charge is 0.354 e. The maximum absolute atomic E-state index is 5.79. The molecule has 1 saturated heterocycles. The Kier molecular flexibility index (Phi) is 3.15. The van der Waals surface area contributed by atoms with E-state index in [2.05, 4.69) is 29.8 Å². The molecule has 1 aliphatic rings. The molecule has 1 aliphatic heterocycles. The molecule has 3 heteroatoms. The molecule has 0 radical (unpaired) electrons. The number of pyridine rings is 1. The van der Waals surface area contributed by atoms with Crippen LogP contribution in [0.3, 0.4) is 0 Å². The average Bonchev–Trinajstić information content (AvgIpc) is 2.64. The molecule has 2 rings (SSSR count). The fraction of sp³-hybridized carbons (Fsp3) is 0.583. The van der Waals surface area contributed by atoms with Gasteiger partial charge in [-0.2, -0.15) is 0 Å². The van der Waals surface area contributed by atoms with Crippen LogP contribution in [0.2, 0.25) is 0 Å². The fourth-order valence-electron chi connectivity index (χ4n) is 2.25. The molecule has 1 aromatic rings. The van der Waals surface area contributed by atoms with Gasteiger partial charge in [-0.05, 0) is 43.9 Å². The Labute approximate surface area is 96.3 Å². The lowest BCUT2D eigenvalue weighted by Crippen LogP contribution is -2.27. The van der Waals surface area contributed by atoms with E-state index in [-0.39, 0.29) is 0 Å². The third-order valence-electron chi connectivity index (χ3n) is 3.09. The highest BCUT2D eigenvalue weighted by atomic mass is 35.5. The van der Waals surface area contributed by atoms with Crippen LogP contribution in [0.15, 0.2) is 12.3 Å². The summed E-state index contributed by atoms with van der Waals surface area (Å²) >= 11 is 5.79. The zero-order valence-corrected chi connectivity index (χ0v) is 10.1. The molecule has 0 aromatic carbocycles. The fourth-order valence-corrected chi connectivity index (χ4v) is 2.39. The molecule has 0 N–H and O–H groups in total. The number of aromatic nitrogens is 1. The van der Waals surface area contributed by atoms with Gasteiger partial charge in [0.1, 0.15) is 5.82 Å². The number of nitrogens with zero attached hydrogens (tertiary/aromatic N) is 2. The lowest BCUT2D eigenvalue weighted by Gasteiger charge is -2.24. The highest BCUT2D eigenvalue weighted by Crippen LogP contribution is 2.26. The number of hydrogen-bond acceptors (Lipinski definition) is 2. The van der Waals surface area contributed by atoms with Crippen LogP contribution in [0.4, 0.5) is 5.82 Å². The first-order valence-electron chi connectivity index (χ1n) is 5.50. The third-order valence-corrected chi connectivity index (χ3v) is 3.40. The molecular formula is C12H17ClN2. The van der Waals surface area contributed by atoms with Crippen LogP contribution in [-0.2, 0) is 5.88 Å². The number of alkyl halides is 1. The van der Waals surface area contributed by atoms with E-state index in [1.165, 1.54) is 18.4 Å². The van der Waals surface area contributed by atoms with Gasteiger partial charge in [0.25, 0.3) is 0 Å². The number of aryl methyl sites for hydroxylation is 1. The minimum atomic E-state index is 0.545. The molecule has 1 aromatic heterocycles. The first-order valence-corrected chi connectivity index (χ1v) is 6.04. The van der Waals surface area contributed by atoms with Crippen molar-refractivity contribution in [2.24, 2.45) is 0 Å². The van der Waals surface area contributed by atoms with Gasteiger partial charge in [0.05, 0.1) is 0 Å². The van der Waals surface area contributed by atoms with Gasteiger partial charge in [-0.3, -0.25) is 0 Å². The van der Waals surface area contributed by atoms with Gasteiger partial charge in [0.2, 0.25) is 0 Å². The Hall–Kier alpha value is -0.760. The van der Waals surface area contributed by atoms with E-state index < -0.39 is 0 Å². The third kappa shape index (κ3) is 2.10. The molecular weight excluding hydrogens is 208 g/mol. The molecule has 1 unspecified atom stereocenters. The summed E-state index contributed by atoms with van der Waals surface area (Å²) in [6.45, 7) is 5.52. The minimum Gasteiger partial charge on any atom is -0.354 e. The van der Waals surface area contributed by atoms with Crippen molar-refractivity contribution >= 4 is 17.4 Å². The van der Waals surface area contributed by atoms with E-state index >= 15 is 0 Å². The Morgan fingerprint density at radius 1 is 1.60 bits per heavy atom. The van der Waals surface area contributed by atoms with Crippen molar-refractivity contribution in [3.8, 4) is 0 Å². The van der Waals surface area contributed by atoms with Gasteiger partial charge in [0.15, 0.2) is 0 Å². The number of anilines is 1. The van der Waals surface area contributed by atoms with Gasteiger partial charge in [-0.1, -0.05) is 0 Å². The van der Waals surface area contributed by atoms with Crippen LogP contribution in [-0.4, -0.2) is 17.6 Å². The number of rotatable bonds is 2. The quantitative estimate of drug-likeness (QED) is 0.718. The molecule has 0 bridgehead atoms. The average molecular weight is 225 g/mol. The Bertz CT molecular complexity index is 351. The van der Waals surface area contributed by atoms with Crippen molar-refractivity contribution in [3.05, 3.63) is 23.4 Å². The molecule has 0 aliphatic carbocycles. The highest BCUT2D eigenvalue weighted by molar-refractivity contribution is 6.17. The van der Waals surface area contributed by atoms with Crippen molar-refractivity contribution in [1.82, 2.24) is 4.98 Å². The summed E-state index contributed by atoms with van der Waals surface area (Å²) in [4.78, 5) is 6.92. The van der Waals surface area contributed by atoms with E-state index in [0.29, 0.717) is 11.9 Å². The SMILES string of the molecule is Cc1cc(CCl)cnc1N1CCCC1C. The summed E-state index contributed by atoms with van der Waals surface area (Å²) in [6.07, 6.45) is 4.44. The first kappa shape index (κ1) is 10.7. The van der Waals surface area contributed by atoms with E-state index in [4.69, 9.17) is 11.6 Å². The Balaban J connectivity index is 2.28. The summed E-state index contributed by atoms with van der Waals surface area (Å²) in [5.74, 6) is 1.68. The van der Waals surface area contributed by atoms with Crippen LogP contribution in [0, 0.1) is 6.92 Å². The first-order chi connectivity index (χ1) is 7.22. The van der Waals surface area contributed by atoms with Crippen molar-refractivity contribution in [3.63, 3.8) is 0 Å². The van der Waals surface area contributed by atoms with E-state index in [9.17, 15) is 0 Å². The minimum absolute atomic E-state index is 0.545. The van der Waals surface area contributed by atoms with Gasteiger partial charge in [-0.25, -0.2) is 4.98 Å². The molecule has 0 saturated carbocycles. The van der Waals surface area contributed by atoms with E-state index in [1.54, 1.807) is 0 Å². The number of halogens is 1. The molecule has 0 spiro atoms. The van der Waals surface area contributed by atoms with Crippen molar-refractivity contribution in [1.29, 1.82) is 0 Å². The molecule has 1 atom stereocenters. The van der Waals surface area contributed by atoms with Crippen LogP contribution in [0.25, 0.3) is 0 Å². The van der Waals surface area contributed by atoms with Crippen molar-refractivity contribution < 1.29 is 0 Å². The summed E-state index contributed by atoms with van der Waals surface area (Å²) in [5, 5.41) is 0. The van der Waals surface area contributed by atoms with Crippen LogP contribution < -0.4 is 4.90 Å². The van der Waals surface area contributed by atoms with Crippen molar-refractivity contribution in [2.45, 2.75) is 38.6 Å². The van der Waals surface area contributed by atoms with Crippen LogP contribution in [0.1, 0.15) is 30.9 Å². The lowest BCUT2D eigenvalue weighted by atomic mass is 10.2. The summed E-state index contributed by atoms with van der Waals surface area (Å²) in [7, 11) is 0. The van der Waals surface area contributed by atoms with E-state index in [1.807, 2.05) is 6.20 Å². The predicted molar refractivity (Wildman–Crippen MR) is 64.6 cm³/mol. The van der Waals surface area contributed by atoms with Gasteiger partial charge in [-0.15, -0.1) is 11.6 Å². The summed E-state index contributed by atoms with van der Waals surface area (Å²) < 4.78 is 0. The maximum atomic E-state index is 5.79. The monoisotopic (exact) mass is 224 g/mol. The summed E-state index contributed by atoms with van der Waals surface area (Å²) in [6, 6.07) is 2.76. The molecule has 2 heterocycles. The zero-order chi connectivity index (χ0) is 10.8.